The molecule has 0 saturated carbocycles. The summed E-state index contributed by atoms with van der Waals surface area (Å²) >= 11 is 9.10. The van der Waals surface area contributed by atoms with Crippen molar-refractivity contribution < 1.29 is 8.78 Å². The van der Waals surface area contributed by atoms with Gasteiger partial charge in [0, 0.05) is 13.1 Å². The summed E-state index contributed by atoms with van der Waals surface area (Å²) in [5.74, 6) is -1.30. The molecule has 0 spiro atoms. The highest BCUT2D eigenvalue weighted by Crippen LogP contribution is 2.25. The van der Waals surface area contributed by atoms with Crippen molar-refractivity contribution in [1.29, 1.82) is 0 Å². The lowest BCUT2D eigenvalue weighted by molar-refractivity contribution is 0.580. The van der Waals surface area contributed by atoms with Crippen LogP contribution in [0.3, 0.4) is 0 Å². The van der Waals surface area contributed by atoms with Crippen LogP contribution in [0.25, 0.3) is 0 Å². The van der Waals surface area contributed by atoms with Gasteiger partial charge in [-0.05, 0) is 28.9 Å². The Balaban J connectivity index is 2.21. The third-order valence-corrected chi connectivity index (χ3v) is 3.82. The van der Waals surface area contributed by atoms with Gasteiger partial charge in [-0.25, -0.2) is 8.78 Å². The molecule has 102 valence electrons. The number of aromatic nitrogens is 2. The molecule has 3 nitrogen and oxygen atoms in total. The van der Waals surface area contributed by atoms with Gasteiger partial charge in [0.15, 0.2) is 0 Å². The molecule has 2 rings (SSSR count). The highest BCUT2D eigenvalue weighted by Gasteiger charge is 2.13. The molecule has 0 unspecified atom stereocenters. The topological polar surface area (TPSA) is 29.9 Å². The first kappa shape index (κ1) is 14.3. The largest absolute Gasteiger partial charge is 0.377 e. The van der Waals surface area contributed by atoms with Crippen molar-refractivity contribution in [3.8, 4) is 0 Å². The molecule has 1 aromatic heterocycles. The molecule has 0 fully saturated rings. The van der Waals surface area contributed by atoms with Crippen molar-refractivity contribution in [3.63, 3.8) is 0 Å². The zero-order valence-electron chi connectivity index (χ0n) is 10.3. The number of nitrogens with zero attached hydrogens (tertiary/aromatic N) is 2. The van der Waals surface area contributed by atoms with Gasteiger partial charge in [-0.3, -0.25) is 4.68 Å². The Morgan fingerprint density at radius 1 is 1.37 bits per heavy atom. The van der Waals surface area contributed by atoms with Crippen molar-refractivity contribution in [3.05, 3.63) is 44.7 Å². The Kier molecular flexibility index (Phi) is 4.10. The Morgan fingerprint density at radius 3 is 2.63 bits per heavy atom. The van der Waals surface area contributed by atoms with Crippen LogP contribution >= 0.6 is 27.5 Å². The van der Waals surface area contributed by atoms with E-state index >= 15 is 0 Å². The van der Waals surface area contributed by atoms with E-state index in [1.54, 1.807) is 18.7 Å². The maximum atomic E-state index is 13.6. The normalized spacial score (nSPS) is 10.8. The van der Waals surface area contributed by atoms with Gasteiger partial charge in [0.1, 0.15) is 11.6 Å². The number of benzene rings is 1. The van der Waals surface area contributed by atoms with Crippen LogP contribution < -0.4 is 5.32 Å². The predicted molar refractivity (Wildman–Crippen MR) is 74.3 cm³/mol. The Bertz CT molecular complexity index is 628. The molecule has 0 atom stereocenters. The lowest BCUT2D eigenvalue weighted by atomic mass is 10.3. The van der Waals surface area contributed by atoms with E-state index in [0.717, 1.165) is 11.8 Å². The molecule has 0 saturated heterocycles. The van der Waals surface area contributed by atoms with E-state index < -0.39 is 11.6 Å². The van der Waals surface area contributed by atoms with Gasteiger partial charge in [0.2, 0.25) is 0 Å². The molecular weight excluding hydrogens is 340 g/mol. The van der Waals surface area contributed by atoms with Gasteiger partial charge < -0.3 is 5.32 Å². The fourth-order valence-corrected chi connectivity index (χ4v) is 2.28. The van der Waals surface area contributed by atoms with Crippen LogP contribution in [0.15, 0.2) is 16.6 Å². The average Bonchev–Trinajstić information content (AvgIpc) is 2.57. The fraction of sp³-hybridized carbons (Fsp3) is 0.250. The van der Waals surface area contributed by atoms with Gasteiger partial charge >= 0.3 is 0 Å². The van der Waals surface area contributed by atoms with E-state index in [1.165, 1.54) is 6.07 Å². The number of rotatable bonds is 3. The summed E-state index contributed by atoms with van der Waals surface area (Å²) in [5.41, 5.74) is 1.64. The third kappa shape index (κ3) is 2.90. The van der Waals surface area contributed by atoms with Crippen LogP contribution in [0.5, 0.6) is 0 Å². The molecule has 0 bridgehead atoms. The minimum Gasteiger partial charge on any atom is -0.377 e. The van der Waals surface area contributed by atoms with Gasteiger partial charge in [-0.15, -0.1) is 0 Å². The SMILES string of the molecule is Cc1nn(C)c(CNc2cc(Br)c(F)cc2F)c1Cl. The Morgan fingerprint density at radius 2 is 2.05 bits per heavy atom. The van der Waals surface area contributed by atoms with Crippen LogP contribution in [0.2, 0.25) is 5.02 Å². The van der Waals surface area contributed by atoms with Crippen molar-refractivity contribution in [1.82, 2.24) is 9.78 Å². The molecule has 2 aromatic rings. The molecular formula is C12H11BrClF2N3. The van der Waals surface area contributed by atoms with Crippen molar-refractivity contribution in [2.45, 2.75) is 13.5 Å². The van der Waals surface area contributed by atoms with Gasteiger partial charge in [0.25, 0.3) is 0 Å². The first-order chi connectivity index (χ1) is 8.90. The van der Waals surface area contributed by atoms with Crippen molar-refractivity contribution in [2.24, 2.45) is 7.05 Å². The molecule has 0 amide bonds. The predicted octanol–water partition coefficient (Wildman–Crippen LogP) is 4.03. The van der Waals surface area contributed by atoms with Gasteiger partial charge in [0.05, 0.1) is 33.1 Å². The molecule has 1 heterocycles. The summed E-state index contributed by atoms with van der Waals surface area (Å²) in [7, 11) is 1.76. The van der Waals surface area contributed by atoms with Crippen LogP contribution in [0.1, 0.15) is 11.4 Å². The minimum atomic E-state index is -0.657. The number of nitrogens with one attached hydrogen (secondary N) is 1. The quantitative estimate of drug-likeness (QED) is 0.847. The van der Waals surface area contributed by atoms with Gasteiger partial charge in [-0.1, -0.05) is 11.6 Å². The van der Waals surface area contributed by atoms with Crippen LogP contribution in [-0.2, 0) is 13.6 Å². The Hall–Kier alpha value is -1.14. The van der Waals surface area contributed by atoms with Crippen molar-refractivity contribution in [2.75, 3.05) is 5.32 Å². The summed E-state index contributed by atoms with van der Waals surface area (Å²) in [4.78, 5) is 0. The average molecular weight is 351 g/mol. The van der Waals surface area contributed by atoms with E-state index in [9.17, 15) is 8.78 Å². The van der Waals surface area contributed by atoms with E-state index in [4.69, 9.17) is 11.6 Å². The second-order valence-corrected chi connectivity index (χ2v) is 5.30. The third-order valence-electron chi connectivity index (χ3n) is 2.72. The number of hydrogen-bond donors (Lipinski definition) is 1. The van der Waals surface area contributed by atoms with Crippen LogP contribution in [0.4, 0.5) is 14.5 Å². The fourth-order valence-electron chi connectivity index (χ4n) is 1.71. The summed E-state index contributed by atoms with van der Waals surface area (Å²) in [6.45, 7) is 2.09. The molecule has 0 aliphatic heterocycles. The second-order valence-electron chi connectivity index (χ2n) is 4.07. The van der Waals surface area contributed by atoms with Crippen LogP contribution in [-0.4, -0.2) is 9.78 Å². The number of aryl methyl sites for hydroxylation is 2. The summed E-state index contributed by atoms with van der Waals surface area (Å²) in [5, 5.41) is 7.57. The lowest BCUT2D eigenvalue weighted by Gasteiger charge is -2.09. The molecule has 0 aliphatic carbocycles. The second kappa shape index (κ2) is 5.46. The number of anilines is 1. The molecule has 0 radical (unpaired) electrons. The zero-order chi connectivity index (χ0) is 14.2. The maximum Gasteiger partial charge on any atom is 0.149 e. The van der Waals surface area contributed by atoms with Crippen molar-refractivity contribution >= 4 is 33.2 Å². The Labute approximate surface area is 122 Å². The molecule has 19 heavy (non-hydrogen) atoms. The van der Waals surface area contributed by atoms with E-state index in [1.807, 2.05) is 0 Å². The maximum absolute atomic E-state index is 13.6. The van der Waals surface area contributed by atoms with Gasteiger partial charge in [-0.2, -0.15) is 5.10 Å². The monoisotopic (exact) mass is 349 g/mol. The summed E-state index contributed by atoms with van der Waals surface area (Å²) in [6.07, 6.45) is 0. The van der Waals surface area contributed by atoms with E-state index in [0.29, 0.717) is 17.3 Å². The number of hydrogen-bond acceptors (Lipinski definition) is 2. The summed E-state index contributed by atoms with van der Waals surface area (Å²) in [6, 6.07) is 2.17. The van der Waals surface area contributed by atoms with E-state index in [-0.39, 0.29) is 10.2 Å². The minimum absolute atomic E-state index is 0.197. The van der Waals surface area contributed by atoms with Crippen LogP contribution in [0, 0.1) is 18.6 Å². The smallest absolute Gasteiger partial charge is 0.149 e. The highest BCUT2D eigenvalue weighted by molar-refractivity contribution is 9.10. The molecule has 7 heteroatoms. The molecule has 0 aliphatic rings. The summed E-state index contributed by atoms with van der Waals surface area (Å²) < 4.78 is 28.5. The lowest BCUT2D eigenvalue weighted by Crippen LogP contribution is -2.07. The van der Waals surface area contributed by atoms with E-state index in [2.05, 4.69) is 26.3 Å². The zero-order valence-corrected chi connectivity index (χ0v) is 12.6. The molecule has 1 N–H and O–H groups in total. The highest BCUT2D eigenvalue weighted by atomic mass is 79.9. The standard InChI is InChI=1S/C12H11BrClF2N3/c1-6-12(14)11(19(2)18-6)5-17-10-3-7(13)8(15)4-9(10)16/h3-4,17H,5H2,1-2H3. The molecule has 1 aromatic carbocycles. The number of halogens is 4. The first-order valence-electron chi connectivity index (χ1n) is 5.46. The first-order valence-corrected chi connectivity index (χ1v) is 6.63.